The Morgan fingerprint density at radius 1 is 1.12 bits per heavy atom. The Labute approximate surface area is 188 Å². The average Bonchev–Trinajstić information content (AvgIpc) is 3.33. The summed E-state index contributed by atoms with van der Waals surface area (Å²) in [6.07, 6.45) is 4.19. The lowest BCUT2D eigenvalue weighted by atomic mass is 10.0. The summed E-state index contributed by atoms with van der Waals surface area (Å²) in [6.45, 7) is 3.90. The van der Waals surface area contributed by atoms with E-state index in [0.29, 0.717) is 43.5 Å². The quantitative estimate of drug-likeness (QED) is 0.646. The number of carbonyl (C=O) groups excluding carboxylic acids is 3. The van der Waals surface area contributed by atoms with Gasteiger partial charge in [0.1, 0.15) is 5.75 Å². The van der Waals surface area contributed by atoms with Crippen LogP contribution in [0.2, 0.25) is 0 Å². The number of fused-ring (bicyclic) bond motifs is 1. The van der Waals surface area contributed by atoms with Gasteiger partial charge in [-0.05, 0) is 74.1 Å². The van der Waals surface area contributed by atoms with Crippen LogP contribution >= 0.6 is 0 Å². The number of hydrogen-bond donors (Lipinski definition) is 2. The van der Waals surface area contributed by atoms with Gasteiger partial charge in [-0.1, -0.05) is 6.07 Å². The van der Waals surface area contributed by atoms with Crippen LogP contribution in [0.25, 0.3) is 0 Å². The third-order valence-electron chi connectivity index (χ3n) is 6.02. The van der Waals surface area contributed by atoms with E-state index in [1.54, 1.807) is 0 Å². The van der Waals surface area contributed by atoms with Gasteiger partial charge in [0, 0.05) is 42.9 Å². The predicted molar refractivity (Wildman–Crippen MR) is 123 cm³/mol. The Morgan fingerprint density at radius 3 is 2.75 bits per heavy atom. The number of benzene rings is 2. The van der Waals surface area contributed by atoms with E-state index in [-0.39, 0.29) is 17.7 Å². The molecule has 2 aliphatic rings. The fourth-order valence-corrected chi connectivity index (χ4v) is 4.18. The largest absolute Gasteiger partial charge is 0.494 e. The minimum atomic E-state index is -0.101. The molecular formula is C25H29N3O4. The third-order valence-corrected chi connectivity index (χ3v) is 6.02. The van der Waals surface area contributed by atoms with Crippen molar-refractivity contribution in [3.05, 3.63) is 53.1 Å². The number of hydrogen-bond acceptors (Lipinski definition) is 4. The van der Waals surface area contributed by atoms with Gasteiger partial charge in [0.15, 0.2) is 0 Å². The summed E-state index contributed by atoms with van der Waals surface area (Å²) in [5, 5.41) is 5.79. The van der Waals surface area contributed by atoms with E-state index >= 15 is 0 Å². The highest BCUT2D eigenvalue weighted by molar-refractivity contribution is 5.99. The molecule has 2 heterocycles. The third kappa shape index (κ3) is 5.10. The van der Waals surface area contributed by atoms with E-state index < -0.39 is 0 Å². The highest BCUT2D eigenvalue weighted by Gasteiger charge is 2.22. The molecule has 0 unspecified atom stereocenters. The molecule has 32 heavy (non-hydrogen) atoms. The molecule has 0 spiro atoms. The van der Waals surface area contributed by atoms with E-state index in [1.165, 1.54) is 0 Å². The highest BCUT2D eigenvalue weighted by Crippen LogP contribution is 2.27. The van der Waals surface area contributed by atoms with Gasteiger partial charge < -0.3 is 20.3 Å². The Kier molecular flexibility index (Phi) is 6.73. The second-order valence-electron chi connectivity index (χ2n) is 8.34. The number of nitrogens with one attached hydrogen (secondary N) is 2. The van der Waals surface area contributed by atoms with Crippen molar-refractivity contribution >= 4 is 29.1 Å². The number of nitrogens with zero attached hydrogens (tertiary/aromatic N) is 1. The lowest BCUT2D eigenvalue weighted by Gasteiger charge is -2.18. The maximum absolute atomic E-state index is 12.7. The molecule has 168 valence electrons. The van der Waals surface area contributed by atoms with Crippen LogP contribution in [0.1, 0.15) is 53.6 Å². The molecule has 0 radical (unpaired) electrons. The Morgan fingerprint density at radius 2 is 1.94 bits per heavy atom. The number of amides is 3. The van der Waals surface area contributed by atoms with E-state index in [2.05, 4.69) is 10.6 Å². The second-order valence-corrected chi connectivity index (χ2v) is 8.34. The fourth-order valence-electron chi connectivity index (χ4n) is 4.18. The number of rotatable bonds is 7. The number of likely N-dealkylation sites (tertiary alicyclic amines) is 1. The molecule has 0 atom stereocenters. The van der Waals surface area contributed by atoms with Crippen molar-refractivity contribution in [1.29, 1.82) is 0 Å². The highest BCUT2D eigenvalue weighted by atomic mass is 16.5. The summed E-state index contributed by atoms with van der Waals surface area (Å²) in [5.74, 6) is 0.715. The van der Waals surface area contributed by atoms with Gasteiger partial charge in [0.05, 0.1) is 6.61 Å². The minimum absolute atomic E-state index is 0.0362. The number of ether oxygens (including phenoxy) is 1. The zero-order valence-corrected chi connectivity index (χ0v) is 18.4. The summed E-state index contributed by atoms with van der Waals surface area (Å²) in [7, 11) is 0. The van der Waals surface area contributed by atoms with Crippen LogP contribution in [0.15, 0.2) is 36.4 Å². The van der Waals surface area contributed by atoms with Gasteiger partial charge in [-0.15, -0.1) is 0 Å². The molecule has 2 aliphatic heterocycles. The standard InChI is InChI=1S/C25H29N3O4/c1-17-20(25(31)28-13-2-3-14-28)6-4-7-21(17)26-23(29)8-5-15-32-19-10-11-22-18(16-19)9-12-24(30)27-22/h4,6-7,10-11,16H,2-3,5,8-9,12-15H2,1H3,(H,26,29)(H,27,30). The molecule has 1 fully saturated rings. The second kappa shape index (κ2) is 9.85. The first-order chi connectivity index (χ1) is 15.5. The summed E-state index contributed by atoms with van der Waals surface area (Å²) in [4.78, 5) is 38.5. The number of aryl methyl sites for hydroxylation is 1. The first-order valence-corrected chi connectivity index (χ1v) is 11.3. The minimum Gasteiger partial charge on any atom is -0.494 e. The molecule has 4 rings (SSSR count). The molecule has 0 aliphatic carbocycles. The van der Waals surface area contributed by atoms with Crippen molar-refractivity contribution in [2.45, 2.75) is 45.4 Å². The van der Waals surface area contributed by atoms with Crippen LogP contribution in [0.3, 0.4) is 0 Å². The molecule has 0 bridgehead atoms. The molecule has 1 saturated heterocycles. The predicted octanol–water partition coefficient (Wildman–Crippen LogP) is 3.91. The van der Waals surface area contributed by atoms with Crippen LogP contribution in [-0.4, -0.2) is 42.3 Å². The molecule has 0 saturated carbocycles. The van der Waals surface area contributed by atoms with E-state index in [4.69, 9.17) is 4.74 Å². The van der Waals surface area contributed by atoms with Gasteiger partial charge in [-0.2, -0.15) is 0 Å². The molecule has 7 nitrogen and oxygen atoms in total. The smallest absolute Gasteiger partial charge is 0.254 e. The van der Waals surface area contributed by atoms with Gasteiger partial charge in [-0.25, -0.2) is 0 Å². The van der Waals surface area contributed by atoms with Crippen LogP contribution < -0.4 is 15.4 Å². The molecule has 2 N–H and O–H groups in total. The van der Waals surface area contributed by atoms with Gasteiger partial charge in [-0.3, -0.25) is 14.4 Å². The van der Waals surface area contributed by atoms with Crippen LogP contribution in [-0.2, 0) is 16.0 Å². The first-order valence-electron chi connectivity index (χ1n) is 11.3. The van der Waals surface area contributed by atoms with Crippen molar-refractivity contribution in [1.82, 2.24) is 4.90 Å². The lowest BCUT2D eigenvalue weighted by molar-refractivity contribution is -0.117. The molecule has 2 aromatic carbocycles. The van der Waals surface area contributed by atoms with Gasteiger partial charge in [0.25, 0.3) is 5.91 Å². The molecule has 2 aromatic rings. The molecule has 3 amide bonds. The Bertz CT molecular complexity index is 1030. The normalized spacial score (nSPS) is 15.2. The average molecular weight is 436 g/mol. The van der Waals surface area contributed by atoms with Crippen molar-refractivity contribution in [3.63, 3.8) is 0 Å². The zero-order valence-electron chi connectivity index (χ0n) is 18.4. The molecule has 7 heteroatoms. The lowest BCUT2D eigenvalue weighted by Crippen LogP contribution is -2.28. The zero-order chi connectivity index (χ0) is 22.5. The summed E-state index contributed by atoms with van der Waals surface area (Å²) >= 11 is 0. The van der Waals surface area contributed by atoms with Crippen molar-refractivity contribution in [2.24, 2.45) is 0 Å². The van der Waals surface area contributed by atoms with E-state index in [9.17, 15) is 14.4 Å². The maximum atomic E-state index is 12.7. The first kappa shape index (κ1) is 21.9. The number of anilines is 2. The van der Waals surface area contributed by atoms with Crippen molar-refractivity contribution in [3.8, 4) is 5.75 Å². The van der Waals surface area contributed by atoms with Crippen molar-refractivity contribution in [2.75, 3.05) is 30.3 Å². The summed E-state index contributed by atoms with van der Waals surface area (Å²) in [5.41, 5.74) is 4.04. The van der Waals surface area contributed by atoms with Crippen LogP contribution in [0.4, 0.5) is 11.4 Å². The van der Waals surface area contributed by atoms with E-state index in [0.717, 1.165) is 48.5 Å². The van der Waals surface area contributed by atoms with Gasteiger partial charge in [0.2, 0.25) is 11.8 Å². The van der Waals surface area contributed by atoms with Crippen LogP contribution in [0, 0.1) is 6.92 Å². The molecular weight excluding hydrogens is 406 g/mol. The Hall–Kier alpha value is -3.35. The van der Waals surface area contributed by atoms with E-state index in [1.807, 2.05) is 48.2 Å². The SMILES string of the molecule is Cc1c(NC(=O)CCCOc2ccc3c(c2)CCC(=O)N3)cccc1C(=O)N1CCCC1. The summed E-state index contributed by atoms with van der Waals surface area (Å²) in [6, 6.07) is 11.1. The maximum Gasteiger partial charge on any atom is 0.254 e. The summed E-state index contributed by atoms with van der Waals surface area (Å²) < 4.78 is 5.79. The van der Waals surface area contributed by atoms with Gasteiger partial charge >= 0.3 is 0 Å². The molecule has 0 aromatic heterocycles. The monoisotopic (exact) mass is 435 g/mol. The van der Waals surface area contributed by atoms with Crippen molar-refractivity contribution < 1.29 is 19.1 Å². The van der Waals surface area contributed by atoms with Crippen LogP contribution in [0.5, 0.6) is 5.75 Å². The topological polar surface area (TPSA) is 87.7 Å². The Balaban J connectivity index is 1.26. The number of carbonyl (C=O) groups is 3. The fraction of sp³-hybridized carbons (Fsp3) is 0.400.